The fourth-order valence-corrected chi connectivity index (χ4v) is 4.03. The van der Waals surface area contributed by atoms with E-state index in [0.29, 0.717) is 24.0 Å². The van der Waals surface area contributed by atoms with E-state index in [-0.39, 0.29) is 0 Å². The summed E-state index contributed by atoms with van der Waals surface area (Å²) in [6, 6.07) is 0. The Morgan fingerprint density at radius 1 is 1.00 bits per heavy atom. The van der Waals surface area contributed by atoms with Crippen LogP contribution in [0.3, 0.4) is 0 Å². The van der Waals surface area contributed by atoms with Gasteiger partial charge in [0.15, 0.2) is 11.4 Å². The smallest absolute Gasteiger partial charge is 0.162 e. The first-order chi connectivity index (χ1) is 12.4. The molecule has 2 aliphatic heterocycles. The summed E-state index contributed by atoms with van der Waals surface area (Å²) in [5, 5.41) is 13.8. The molecular formula is C21H31NO4S. The van der Waals surface area contributed by atoms with Crippen LogP contribution in [0.2, 0.25) is 0 Å². The van der Waals surface area contributed by atoms with E-state index >= 15 is 0 Å². The summed E-state index contributed by atoms with van der Waals surface area (Å²) in [4.78, 5) is 0.658. The van der Waals surface area contributed by atoms with Gasteiger partial charge in [0.05, 0.1) is 18.8 Å². The van der Waals surface area contributed by atoms with Crippen molar-refractivity contribution in [2.24, 2.45) is 0 Å². The molecule has 27 heavy (non-hydrogen) atoms. The average Bonchev–Trinajstić information content (AvgIpc) is 2.61. The number of rotatable bonds is 2. The van der Waals surface area contributed by atoms with Crippen LogP contribution >= 0.6 is 12.2 Å². The van der Waals surface area contributed by atoms with E-state index in [1.807, 2.05) is 48.5 Å². The molecule has 1 unspecified atom stereocenters. The van der Waals surface area contributed by atoms with E-state index in [2.05, 4.69) is 5.32 Å². The van der Waals surface area contributed by atoms with E-state index < -0.39 is 16.9 Å². The van der Waals surface area contributed by atoms with Crippen LogP contribution in [0.4, 0.5) is 0 Å². The minimum atomic E-state index is -0.612. The fraction of sp³-hybridized carbons (Fsp3) is 0.667. The number of phenolic OH excluding ortho intramolecular Hbond substituents is 1. The van der Waals surface area contributed by atoms with Gasteiger partial charge in [0.2, 0.25) is 0 Å². The number of ether oxygens (including phenoxy) is 3. The second-order valence-corrected chi connectivity index (χ2v) is 9.26. The Balaban J connectivity index is 1.82. The Hall–Kier alpha value is -1.37. The molecule has 150 valence electrons. The topological polar surface area (TPSA) is 60.0 Å². The summed E-state index contributed by atoms with van der Waals surface area (Å²) in [5.74, 6) is 0.648. The van der Waals surface area contributed by atoms with E-state index in [1.54, 1.807) is 0 Å². The summed E-state index contributed by atoms with van der Waals surface area (Å²) >= 11 is 5.76. The summed E-state index contributed by atoms with van der Waals surface area (Å²) in [6.45, 7) is 14.8. The molecule has 1 aromatic carbocycles. The molecule has 2 heterocycles. The molecule has 1 fully saturated rings. The summed E-state index contributed by atoms with van der Waals surface area (Å²) in [5.41, 5.74) is 2.80. The lowest BCUT2D eigenvalue weighted by atomic mass is 9.86. The van der Waals surface area contributed by atoms with Crippen molar-refractivity contribution in [1.82, 2.24) is 5.32 Å². The summed E-state index contributed by atoms with van der Waals surface area (Å²) < 4.78 is 18.1. The SMILES string of the molecule is Cc1c(C)c2c(c(C)c1O)CCC(C)(C(=S)NC1(C)COC(C)(C)OC1)O2. The lowest BCUT2D eigenvalue weighted by Crippen LogP contribution is -2.63. The number of phenols is 1. The normalized spacial score (nSPS) is 26.0. The number of benzene rings is 1. The number of fused-ring (bicyclic) bond motifs is 1. The maximum absolute atomic E-state index is 10.4. The van der Waals surface area contributed by atoms with E-state index in [9.17, 15) is 5.11 Å². The molecule has 2 N–H and O–H groups in total. The molecule has 3 rings (SSSR count). The highest BCUT2D eigenvalue weighted by Gasteiger charge is 2.43. The van der Waals surface area contributed by atoms with Crippen LogP contribution in [-0.2, 0) is 15.9 Å². The first kappa shape index (κ1) is 20.4. The van der Waals surface area contributed by atoms with Crippen molar-refractivity contribution >= 4 is 17.2 Å². The van der Waals surface area contributed by atoms with Gasteiger partial charge in [-0.3, -0.25) is 0 Å². The van der Waals surface area contributed by atoms with Crippen molar-refractivity contribution in [1.29, 1.82) is 0 Å². The van der Waals surface area contributed by atoms with Gasteiger partial charge >= 0.3 is 0 Å². The maximum atomic E-state index is 10.4. The summed E-state index contributed by atoms with van der Waals surface area (Å²) in [6.07, 6.45) is 1.56. The fourth-order valence-electron chi connectivity index (χ4n) is 3.64. The van der Waals surface area contributed by atoms with Gasteiger partial charge in [0.1, 0.15) is 16.5 Å². The molecule has 0 amide bonds. The molecule has 6 heteroatoms. The second-order valence-electron chi connectivity index (χ2n) is 8.86. The van der Waals surface area contributed by atoms with Crippen LogP contribution in [0.1, 0.15) is 56.4 Å². The molecule has 2 aliphatic rings. The predicted octanol–water partition coefficient (Wildman–Crippen LogP) is 3.86. The van der Waals surface area contributed by atoms with Crippen LogP contribution in [0.5, 0.6) is 11.5 Å². The lowest BCUT2D eigenvalue weighted by molar-refractivity contribution is -0.267. The van der Waals surface area contributed by atoms with Crippen LogP contribution < -0.4 is 10.1 Å². The second kappa shape index (κ2) is 6.61. The van der Waals surface area contributed by atoms with Crippen LogP contribution in [-0.4, -0.2) is 40.2 Å². The highest BCUT2D eigenvalue weighted by Crippen LogP contribution is 2.43. The number of hydrogen-bond donors (Lipinski definition) is 2. The zero-order valence-electron chi connectivity index (χ0n) is 17.4. The van der Waals surface area contributed by atoms with Gasteiger partial charge in [-0.1, -0.05) is 12.2 Å². The molecule has 1 aromatic rings. The zero-order valence-corrected chi connectivity index (χ0v) is 18.2. The standard InChI is InChI=1S/C21H31NO4S/c1-12-13(2)17-15(14(3)16(12)23)8-9-21(7,26-17)18(27)22-20(6)10-24-19(4,5)25-11-20/h23H,8-11H2,1-7H3,(H,22,27). The monoisotopic (exact) mass is 393 g/mol. The highest BCUT2D eigenvalue weighted by atomic mass is 32.1. The molecule has 0 spiro atoms. The van der Waals surface area contributed by atoms with Crippen molar-refractivity contribution in [2.75, 3.05) is 13.2 Å². The molecular weight excluding hydrogens is 362 g/mol. The largest absolute Gasteiger partial charge is 0.507 e. The van der Waals surface area contributed by atoms with E-state index in [1.165, 1.54) is 0 Å². The number of nitrogens with one attached hydrogen (secondary N) is 1. The van der Waals surface area contributed by atoms with Gasteiger partial charge in [0, 0.05) is 5.56 Å². The minimum absolute atomic E-state index is 0.366. The molecule has 0 saturated carbocycles. The van der Waals surface area contributed by atoms with Crippen molar-refractivity contribution in [3.63, 3.8) is 0 Å². The Bertz CT molecular complexity index is 779. The molecule has 1 atom stereocenters. The van der Waals surface area contributed by atoms with E-state index in [4.69, 9.17) is 26.4 Å². The maximum Gasteiger partial charge on any atom is 0.162 e. The molecule has 0 aromatic heterocycles. The van der Waals surface area contributed by atoms with Gasteiger partial charge in [-0.15, -0.1) is 0 Å². The van der Waals surface area contributed by atoms with E-state index in [0.717, 1.165) is 40.8 Å². The van der Waals surface area contributed by atoms with Crippen molar-refractivity contribution in [3.8, 4) is 11.5 Å². The summed E-state index contributed by atoms with van der Waals surface area (Å²) in [7, 11) is 0. The molecule has 0 bridgehead atoms. The molecule has 0 radical (unpaired) electrons. The highest BCUT2D eigenvalue weighted by molar-refractivity contribution is 7.80. The van der Waals surface area contributed by atoms with Crippen molar-refractivity contribution in [3.05, 3.63) is 22.3 Å². The minimum Gasteiger partial charge on any atom is -0.507 e. The van der Waals surface area contributed by atoms with Crippen molar-refractivity contribution in [2.45, 2.75) is 78.2 Å². The van der Waals surface area contributed by atoms with Gasteiger partial charge in [-0.2, -0.15) is 0 Å². The lowest BCUT2D eigenvalue weighted by Gasteiger charge is -2.45. The van der Waals surface area contributed by atoms with Gasteiger partial charge in [-0.05, 0) is 78.0 Å². The third-order valence-electron chi connectivity index (χ3n) is 5.89. The zero-order chi connectivity index (χ0) is 20.2. The number of thiocarbonyl (C=S) groups is 1. The molecule has 0 aliphatic carbocycles. The van der Waals surface area contributed by atoms with Gasteiger partial charge in [0.25, 0.3) is 0 Å². The predicted molar refractivity (Wildman–Crippen MR) is 110 cm³/mol. The molecule has 1 saturated heterocycles. The van der Waals surface area contributed by atoms with Crippen LogP contribution in [0.25, 0.3) is 0 Å². The van der Waals surface area contributed by atoms with Crippen molar-refractivity contribution < 1.29 is 19.3 Å². The first-order valence-electron chi connectivity index (χ1n) is 9.49. The number of aromatic hydroxyl groups is 1. The average molecular weight is 394 g/mol. The van der Waals surface area contributed by atoms with Gasteiger partial charge < -0.3 is 24.6 Å². The van der Waals surface area contributed by atoms with Crippen LogP contribution in [0.15, 0.2) is 0 Å². The Labute approximate surface area is 167 Å². The third kappa shape index (κ3) is 3.67. The Morgan fingerprint density at radius 2 is 1.59 bits per heavy atom. The Kier molecular flexibility index (Phi) is 4.98. The third-order valence-corrected chi connectivity index (χ3v) is 6.43. The molecule has 5 nitrogen and oxygen atoms in total. The quantitative estimate of drug-likeness (QED) is 0.744. The van der Waals surface area contributed by atoms with Gasteiger partial charge in [-0.25, -0.2) is 0 Å². The first-order valence-corrected chi connectivity index (χ1v) is 9.89. The Morgan fingerprint density at radius 3 is 2.19 bits per heavy atom. The van der Waals surface area contributed by atoms with Crippen LogP contribution in [0, 0.1) is 20.8 Å². The number of hydrogen-bond acceptors (Lipinski definition) is 5.